The summed E-state index contributed by atoms with van der Waals surface area (Å²) in [6.45, 7) is 0.402. The fourth-order valence-corrected chi connectivity index (χ4v) is 0.796. The molecule has 5 nitrogen and oxygen atoms in total. The number of hydrogen-bond acceptors (Lipinski definition) is 4. The Morgan fingerprint density at radius 3 is 2.45 bits per heavy atom. The minimum Gasteiger partial charge on any atom is -0.467 e. The van der Waals surface area contributed by atoms with Crippen LogP contribution >= 0.6 is 0 Å². The molecule has 5 heteroatoms. The highest BCUT2D eigenvalue weighted by Crippen LogP contribution is 2.19. The van der Waals surface area contributed by atoms with Gasteiger partial charge in [-0.25, -0.2) is 9.59 Å². The molecule has 1 rings (SSSR count). The summed E-state index contributed by atoms with van der Waals surface area (Å²) in [5.74, 6) is -0.393. The van der Waals surface area contributed by atoms with Crippen LogP contribution in [0, 0.1) is 0 Å². The molecule has 1 fully saturated rings. The number of rotatable bonds is 1. The second-order valence-corrected chi connectivity index (χ2v) is 2.16. The van der Waals surface area contributed by atoms with E-state index in [1.54, 1.807) is 0 Å². The van der Waals surface area contributed by atoms with Gasteiger partial charge in [0.2, 0.25) is 0 Å². The molecule has 1 saturated heterocycles. The molecular weight excluding hydrogens is 150 g/mol. The van der Waals surface area contributed by atoms with Gasteiger partial charge in [-0.3, -0.25) is 4.90 Å². The lowest BCUT2D eigenvalue weighted by Crippen LogP contribution is -2.19. The second-order valence-electron chi connectivity index (χ2n) is 2.16. The van der Waals surface area contributed by atoms with E-state index in [1.165, 1.54) is 19.1 Å². The molecule has 0 bridgehead atoms. The molecule has 62 valence electrons. The maximum atomic E-state index is 10.7. The summed E-state index contributed by atoms with van der Waals surface area (Å²) >= 11 is 0. The minimum absolute atomic E-state index is 0.393. The number of ether oxygens (including phenoxy) is 2. The summed E-state index contributed by atoms with van der Waals surface area (Å²) in [5.41, 5.74) is 0. The van der Waals surface area contributed by atoms with Crippen molar-refractivity contribution in [2.75, 3.05) is 20.8 Å². The van der Waals surface area contributed by atoms with Gasteiger partial charge >= 0.3 is 12.1 Å². The second kappa shape index (κ2) is 2.77. The fraction of sp³-hybridized carbons (Fsp3) is 0.667. The van der Waals surface area contributed by atoms with Crippen LogP contribution in [0.4, 0.5) is 4.79 Å². The molecule has 1 aliphatic heterocycles. The monoisotopic (exact) mass is 159 g/mol. The molecule has 0 spiro atoms. The van der Waals surface area contributed by atoms with Gasteiger partial charge in [0.05, 0.1) is 20.8 Å². The van der Waals surface area contributed by atoms with E-state index >= 15 is 0 Å². The van der Waals surface area contributed by atoms with Gasteiger partial charge in [0.15, 0.2) is 6.04 Å². The van der Waals surface area contributed by atoms with Crippen LogP contribution in [0.1, 0.15) is 0 Å². The topological polar surface area (TPSA) is 55.6 Å². The van der Waals surface area contributed by atoms with Crippen molar-refractivity contribution in [2.24, 2.45) is 0 Å². The van der Waals surface area contributed by atoms with E-state index in [4.69, 9.17) is 0 Å². The van der Waals surface area contributed by atoms with E-state index in [1.807, 2.05) is 0 Å². The molecule has 0 aromatic carbocycles. The highest BCUT2D eigenvalue weighted by Gasteiger charge is 2.45. The average molecular weight is 159 g/mol. The SMILES string of the molecule is COC(=O)C1CN1C(=O)OC. The standard InChI is InChI=1S/C6H9NO4/c1-10-5(8)4-3-7(4)6(9)11-2/h4H,3H2,1-2H3. The van der Waals surface area contributed by atoms with E-state index in [2.05, 4.69) is 9.47 Å². The van der Waals surface area contributed by atoms with Crippen molar-refractivity contribution >= 4 is 12.1 Å². The number of carbonyl (C=O) groups is 2. The number of amides is 1. The van der Waals surface area contributed by atoms with Gasteiger partial charge in [0.1, 0.15) is 0 Å². The lowest BCUT2D eigenvalue weighted by molar-refractivity contribution is -0.140. The van der Waals surface area contributed by atoms with Crippen molar-refractivity contribution in [1.29, 1.82) is 0 Å². The maximum absolute atomic E-state index is 10.7. The summed E-state index contributed by atoms with van der Waals surface area (Å²) in [6, 6.07) is -0.424. The van der Waals surface area contributed by atoms with Crippen molar-refractivity contribution < 1.29 is 19.1 Å². The van der Waals surface area contributed by atoms with E-state index in [-0.39, 0.29) is 0 Å². The lowest BCUT2D eigenvalue weighted by Gasteiger charge is -1.99. The zero-order valence-corrected chi connectivity index (χ0v) is 6.36. The Bertz CT molecular complexity index is 171. The molecule has 0 N–H and O–H groups in total. The number of esters is 1. The molecule has 0 radical (unpaired) electrons. The molecule has 11 heavy (non-hydrogen) atoms. The first-order valence-corrected chi connectivity index (χ1v) is 3.13. The first kappa shape index (κ1) is 7.84. The van der Waals surface area contributed by atoms with Crippen molar-refractivity contribution in [1.82, 2.24) is 4.90 Å². The molecular formula is C6H9NO4. The average Bonchev–Trinajstić information content (AvgIpc) is 2.80. The fourth-order valence-electron chi connectivity index (χ4n) is 0.796. The van der Waals surface area contributed by atoms with Crippen LogP contribution < -0.4 is 0 Å². The zero-order valence-electron chi connectivity index (χ0n) is 6.36. The third kappa shape index (κ3) is 1.42. The predicted molar refractivity (Wildman–Crippen MR) is 34.9 cm³/mol. The molecule has 1 amide bonds. The quantitative estimate of drug-likeness (QED) is 0.386. The molecule has 1 unspecified atom stereocenters. The largest absolute Gasteiger partial charge is 0.467 e. The summed E-state index contributed by atoms with van der Waals surface area (Å²) in [6.07, 6.45) is -0.486. The van der Waals surface area contributed by atoms with Gasteiger partial charge in [-0.05, 0) is 0 Å². The first-order chi connectivity index (χ1) is 5.20. The summed E-state index contributed by atoms with van der Waals surface area (Å²) in [4.78, 5) is 22.7. The Labute approximate surface area is 63.9 Å². The van der Waals surface area contributed by atoms with Crippen molar-refractivity contribution in [2.45, 2.75) is 6.04 Å². The Balaban J connectivity index is 2.37. The maximum Gasteiger partial charge on any atom is 0.410 e. The Hall–Kier alpha value is -1.26. The number of carbonyl (C=O) groups excluding carboxylic acids is 2. The van der Waals surface area contributed by atoms with Crippen LogP contribution in [0.2, 0.25) is 0 Å². The first-order valence-electron chi connectivity index (χ1n) is 3.13. The normalized spacial score (nSPS) is 20.9. The highest BCUT2D eigenvalue weighted by molar-refractivity contribution is 5.86. The van der Waals surface area contributed by atoms with Crippen LogP contribution in [0.15, 0.2) is 0 Å². The molecule has 0 aliphatic carbocycles. The predicted octanol–water partition coefficient (Wildman–Crippen LogP) is -0.390. The molecule has 0 aromatic heterocycles. The number of hydrogen-bond donors (Lipinski definition) is 0. The minimum atomic E-state index is -0.486. The molecule has 1 aliphatic rings. The van der Waals surface area contributed by atoms with Crippen molar-refractivity contribution in [3.05, 3.63) is 0 Å². The molecule has 0 saturated carbocycles. The van der Waals surface area contributed by atoms with Gasteiger partial charge < -0.3 is 9.47 Å². The third-order valence-corrected chi connectivity index (χ3v) is 1.49. The Morgan fingerprint density at radius 1 is 1.36 bits per heavy atom. The van der Waals surface area contributed by atoms with Crippen molar-refractivity contribution in [3.63, 3.8) is 0 Å². The summed E-state index contributed by atoms with van der Waals surface area (Å²) in [5, 5.41) is 0. The van der Waals surface area contributed by atoms with Gasteiger partial charge in [0, 0.05) is 0 Å². The third-order valence-electron chi connectivity index (χ3n) is 1.49. The van der Waals surface area contributed by atoms with Crippen LogP contribution in [0.3, 0.4) is 0 Å². The molecule has 1 heterocycles. The summed E-state index contributed by atoms with van der Waals surface area (Å²) in [7, 11) is 2.56. The molecule has 1 atom stereocenters. The van der Waals surface area contributed by atoms with Crippen LogP contribution in [0.25, 0.3) is 0 Å². The van der Waals surface area contributed by atoms with E-state index in [9.17, 15) is 9.59 Å². The van der Waals surface area contributed by atoms with E-state index in [0.29, 0.717) is 6.54 Å². The van der Waals surface area contributed by atoms with Gasteiger partial charge in [0.25, 0.3) is 0 Å². The number of nitrogens with zero attached hydrogens (tertiary/aromatic N) is 1. The van der Waals surface area contributed by atoms with E-state index in [0.717, 1.165) is 0 Å². The summed E-state index contributed by atoms with van der Waals surface area (Å²) < 4.78 is 8.79. The van der Waals surface area contributed by atoms with Crippen molar-refractivity contribution in [3.8, 4) is 0 Å². The Kier molecular flexibility index (Phi) is 1.98. The van der Waals surface area contributed by atoms with E-state index < -0.39 is 18.1 Å². The van der Waals surface area contributed by atoms with Crippen LogP contribution in [0.5, 0.6) is 0 Å². The molecule has 0 aromatic rings. The van der Waals surface area contributed by atoms with Gasteiger partial charge in [-0.15, -0.1) is 0 Å². The Morgan fingerprint density at radius 2 is 2.00 bits per heavy atom. The van der Waals surface area contributed by atoms with Gasteiger partial charge in [-0.2, -0.15) is 0 Å². The smallest absolute Gasteiger partial charge is 0.410 e. The van der Waals surface area contributed by atoms with Crippen LogP contribution in [-0.4, -0.2) is 43.8 Å². The number of methoxy groups -OCH3 is 2. The lowest BCUT2D eigenvalue weighted by atomic mass is 10.5. The highest BCUT2D eigenvalue weighted by atomic mass is 16.6. The van der Waals surface area contributed by atoms with Gasteiger partial charge in [-0.1, -0.05) is 0 Å². The van der Waals surface area contributed by atoms with Crippen LogP contribution in [-0.2, 0) is 14.3 Å². The zero-order chi connectivity index (χ0) is 8.43.